The first-order valence-corrected chi connectivity index (χ1v) is 7.40. The summed E-state index contributed by atoms with van der Waals surface area (Å²) in [5, 5.41) is 0. The average molecular weight is 310 g/mol. The fourth-order valence-electron chi connectivity index (χ4n) is 2.27. The number of benzene rings is 2. The lowest BCUT2D eigenvalue weighted by Crippen LogP contribution is -2.31. The van der Waals surface area contributed by atoms with Gasteiger partial charge in [0.25, 0.3) is 0 Å². The van der Waals surface area contributed by atoms with E-state index in [1.165, 1.54) is 12.1 Å². The lowest BCUT2D eigenvalue weighted by molar-refractivity contribution is 0.552. The molecule has 0 aromatic heterocycles. The normalized spacial score (nSPS) is 11.0. The lowest BCUT2D eigenvalue weighted by atomic mass is 10.1. The van der Waals surface area contributed by atoms with Crippen LogP contribution in [0.3, 0.4) is 0 Å². The first-order valence-electron chi connectivity index (χ1n) is 6.87. The molecule has 0 aliphatic rings. The molecule has 0 aliphatic carbocycles. The first kappa shape index (κ1) is 15.8. The van der Waals surface area contributed by atoms with Crippen molar-refractivity contribution in [3.8, 4) is 0 Å². The van der Waals surface area contributed by atoms with E-state index in [4.69, 9.17) is 11.6 Å². The fraction of sp³-hybridized carbons (Fsp3) is 0.294. The van der Waals surface area contributed by atoms with Gasteiger partial charge in [-0.05, 0) is 37.1 Å². The van der Waals surface area contributed by atoms with Crippen LogP contribution in [0.25, 0.3) is 0 Å². The Balaban J connectivity index is 2.39. The molecule has 0 aliphatic heterocycles. The van der Waals surface area contributed by atoms with Gasteiger partial charge in [-0.3, -0.25) is 0 Å². The second kappa shape index (κ2) is 6.90. The highest BCUT2D eigenvalue weighted by Crippen LogP contribution is 2.28. The number of nitrogens with zero attached hydrogens (tertiary/aromatic N) is 1. The Morgan fingerprint density at radius 1 is 1.00 bits per heavy atom. The third-order valence-electron chi connectivity index (χ3n) is 3.34. The third-order valence-corrected chi connectivity index (χ3v) is 3.65. The molecule has 0 N–H and O–H groups in total. The Morgan fingerprint density at radius 2 is 1.57 bits per heavy atom. The van der Waals surface area contributed by atoms with Gasteiger partial charge in [-0.2, -0.15) is 0 Å². The Bertz CT molecular complexity index is 576. The number of alkyl halides is 1. The molecule has 0 spiro atoms. The second-order valence-corrected chi connectivity index (χ2v) is 5.52. The van der Waals surface area contributed by atoms with Gasteiger partial charge < -0.3 is 4.90 Å². The first-order chi connectivity index (χ1) is 10.0. The molecule has 0 fully saturated rings. The summed E-state index contributed by atoms with van der Waals surface area (Å²) in [6.45, 7) is 4.28. The molecule has 0 amide bonds. The largest absolute Gasteiger partial charge is 0.360 e. The zero-order chi connectivity index (χ0) is 15.4. The van der Waals surface area contributed by atoms with Crippen molar-refractivity contribution in [1.29, 1.82) is 0 Å². The highest BCUT2D eigenvalue weighted by molar-refractivity contribution is 6.17. The summed E-state index contributed by atoms with van der Waals surface area (Å²) in [6, 6.07) is 12.2. The molecule has 4 heteroatoms. The smallest absolute Gasteiger partial charge is 0.149 e. The molecule has 0 heterocycles. The molecule has 2 rings (SSSR count). The minimum absolute atomic E-state index is 0.00252. The maximum absolute atomic E-state index is 14.3. The lowest BCUT2D eigenvalue weighted by Gasteiger charge is -2.30. The molecule has 0 bridgehead atoms. The van der Waals surface area contributed by atoms with Crippen molar-refractivity contribution in [2.45, 2.75) is 32.3 Å². The van der Waals surface area contributed by atoms with Crippen molar-refractivity contribution in [2.24, 2.45) is 0 Å². The van der Waals surface area contributed by atoms with Crippen LogP contribution in [0.5, 0.6) is 0 Å². The van der Waals surface area contributed by atoms with Crippen LogP contribution in [0.15, 0.2) is 42.5 Å². The van der Waals surface area contributed by atoms with E-state index in [0.29, 0.717) is 12.1 Å². The molecule has 0 radical (unpaired) electrons. The summed E-state index contributed by atoms with van der Waals surface area (Å²) in [5.74, 6) is -1.06. The molecule has 0 saturated carbocycles. The zero-order valence-corrected chi connectivity index (χ0v) is 12.9. The predicted octanol–water partition coefficient (Wildman–Crippen LogP) is 5.12. The molecular weight excluding hydrogens is 292 g/mol. The van der Waals surface area contributed by atoms with E-state index >= 15 is 0 Å². The number of hydrogen-bond acceptors (Lipinski definition) is 1. The van der Waals surface area contributed by atoms with Crippen molar-refractivity contribution < 1.29 is 8.78 Å². The van der Waals surface area contributed by atoms with E-state index in [0.717, 1.165) is 5.56 Å². The standard InChI is InChI=1S/C17H18ClF2N/c1-12(2)21(11-13-6-4-3-5-7-13)17-15(19)8-14(10-18)9-16(17)20/h3-9,12H,10-11H2,1-2H3. The molecular formula is C17H18ClF2N. The molecule has 21 heavy (non-hydrogen) atoms. The number of anilines is 1. The van der Waals surface area contributed by atoms with Crippen molar-refractivity contribution in [3.63, 3.8) is 0 Å². The predicted molar refractivity (Wildman–Crippen MR) is 83.7 cm³/mol. The summed E-state index contributed by atoms with van der Waals surface area (Å²) in [6.07, 6.45) is 0. The van der Waals surface area contributed by atoms with Crippen molar-refractivity contribution in [3.05, 3.63) is 65.2 Å². The molecule has 2 aromatic carbocycles. The Hall–Kier alpha value is -1.61. The van der Waals surface area contributed by atoms with Crippen molar-refractivity contribution in [2.75, 3.05) is 4.90 Å². The third kappa shape index (κ3) is 3.73. The Kier molecular flexibility index (Phi) is 5.18. The highest BCUT2D eigenvalue weighted by Gasteiger charge is 2.20. The molecule has 2 aromatic rings. The van der Waals surface area contributed by atoms with Gasteiger partial charge in [0.2, 0.25) is 0 Å². The minimum Gasteiger partial charge on any atom is -0.360 e. The van der Waals surface area contributed by atoms with Gasteiger partial charge in [-0.25, -0.2) is 8.78 Å². The van der Waals surface area contributed by atoms with Crippen LogP contribution in [0, 0.1) is 11.6 Å². The van der Waals surface area contributed by atoms with Gasteiger partial charge in [0.1, 0.15) is 17.3 Å². The van der Waals surface area contributed by atoms with Gasteiger partial charge in [-0.1, -0.05) is 30.3 Å². The quantitative estimate of drug-likeness (QED) is 0.693. The average Bonchev–Trinajstić information content (AvgIpc) is 2.46. The van der Waals surface area contributed by atoms with Crippen molar-refractivity contribution >= 4 is 17.3 Å². The van der Waals surface area contributed by atoms with Crippen LogP contribution in [0.1, 0.15) is 25.0 Å². The Morgan fingerprint density at radius 3 is 2.05 bits per heavy atom. The van der Waals surface area contributed by atoms with Crippen molar-refractivity contribution in [1.82, 2.24) is 0 Å². The second-order valence-electron chi connectivity index (χ2n) is 5.25. The number of hydrogen-bond donors (Lipinski definition) is 0. The number of halogens is 3. The van der Waals surface area contributed by atoms with E-state index in [-0.39, 0.29) is 17.6 Å². The van der Waals surface area contributed by atoms with Gasteiger partial charge in [0.05, 0.1) is 0 Å². The van der Waals surface area contributed by atoms with Gasteiger partial charge >= 0.3 is 0 Å². The topological polar surface area (TPSA) is 3.24 Å². The molecule has 0 atom stereocenters. The van der Waals surface area contributed by atoms with Crippen LogP contribution in [-0.4, -0.2) is 6.04 Å². The van der Waals surface area contributed by atoms with E-state index in [1.807, 2.05) is 44.2 Å². The summed E-state index contributed by atoms with van der Waals surface area (Å²) in [4.78, 5) is 1.72. The van der Waals surface area contributed by atoms with E-state index in [1.54, 1.807) is 4.90 Å². The van der Waals surface area contributed by atoms with Crippen LogP contribution in [-0.2, 0) is 12.4 Å². The van der Waals surface area contributed by atoms with Gasteiger partial charge in [0.15, 0.2) is 0 Å². The molecule has 112 valence electrons. The van der Waals surface area contributed by atoms with E-state index < -0.39 is 11.6 Å². The molecule has 0 saturated heterocycles. The summed E-state index contributed by atoms with van der Waals surface area (Å²) in [7, 11) is 0. The summed E-state index contributed by atoms with van der Waals surface area (Å²) in [5.41, 5.74) is 1.45. The van der Waals surface area contributed by atoms with Crippen LogP contribution in [0.4, 0.5) is 14.5 Å². The van der Waals surface area contributed by atoms with E-state index in [9.17, 15) is 8.78 Å². The fourth-order valence-corrected chi connectivity index (χ4v) is 2.42. The van der Waals surface area contributed by atoms with Crippen LogP contribution >= 0.6 is 11.6 Å². The molecule has 0 unspecified atom stereocenters. The van der Waals surface area contributed by atoms with Gasteiger partial charge in [-0.15, -0.1) is 11.6 Å². The highest BCUT2D eigenvalue weighted by atomic mass is 35.5. The maximum Gasteiger partial charge on any atom is 0.149 e. The van der Waals surface area contributed by atoms with Gasteiger partial charge in [0, 0.05) is 18.5 Å². The Labute approximate surface area is 129 Å². The monoisotopic (exact) mass is 309 g/mol. The van der Waals surface area contributed by atoms with Crippen LogP contribution < -0.4 is 4.90 Å². The van der Waals surface area contributed by atoms with Crippen LogP contribution in [0.2, 0.25) is 0 Å². The summed E-state index contributed by atoms with van der Waals surface area (Å²) >= 11 is 5.65. The van der Waals surface area contributed by atoms with E-state index in [2.05, 4.69) is 0 Å². The minimum atomic E-state index is -0.574. The number of rotatable bonds is 5. The SMILES string of the molecule is CC(C)N(Cc1ccccc1)c1c(F)cc(CCl)cc1F. The molecule has 1 nitrogen and oxygen atoms in total. The zero-order valence-electron chi connectivity index (χ0n) is 12.1. The summed E-state index contributed by atoms with van der Waals surface area (Å²) < 4.78 is 28.5. The maximum atomic E-state index is 14.3.